The lowest BCUT2D eigenvalue weighted by molar-refractivity contribution is -0.0231. The Kier molecular flexibility index (Phi) is 8.37. The van der Waals surface area contributed by atoms with E-state index in [9.17, 15) is 13.6 Å². The lowest BCUT2D eigenvalue weighted by Gasteiger charge is -2.29. The van der Waals surface area contributed by atoms with Crippen LogP contribution in [0.5, 0.6) is 5.19 Å². The topological polar surface area (TPSA) is 72.6 Å². The van der Waals surface area contributed by atoms with Gasteiger partial charge in [-0.3, -0.25) is 14.4 Å². The fourth-order valence-corrected chi connectivity index (χ4v) is 6.41. The van der Waals surface area contributed by atoms with Crippen LogP contribution in [0.25, 0.3) is 10.9 Å². The smallest absolute Gasteiger partial charge is 0.278 e. The van der Waals surface area contributed by atoms with Crippen LogP contribution in [0.1, 0.15) is 66.1 Å². The molecule has 2 aromatic heterocycles. The van der Waals surface area contributed by atoms with E-state index < -0.39 is 18.7 Å². The Morgan fingerprint density at radius 2 is 2.08 bits per heavy atom. The summed E-state index contributed by atoms with van der Waals surface area (Å²) in [6.45, 7) is 1.82. The molecule has 5 rings (SSSR count). The number of carbonyl (C=O) groups is 1. The van der Waals surface area contributed by atoms with Crippen molar-refractivity contribution in [2.75, 3.05) is 26.2 Å². The van der Waals surface area contributed by atoms with Crippen molar-refractivity contribution in [2.45, 2.75) is 57.5 Å². The number of amides is 1. The lowest BCUT2D eigenvalue weighted by Crippen LogP contribution is -2.30. The Bertz CT molecular complexity index is 1330. The van der Waals surface area contributed by atoms with E-state index in [2.05, 4.69) is 20.0 Å². The highest BCUT2D eigenvalue weighted by atomic mass is 32.1. The van der Waals surface area contributed by atoms with Crippen molar-refractivity contribution < 1.29 is 22.7 Å². The number of ether oxygens (including phenoxy) is 1. The van der Waals surface area contributed by atoms with E-state index in [1.54, 1.807) is 10.7 Å². The SMILES string of the molecule is Cn1cc2c(C(=O)N=CC3CCC(CCN4CCc5sc(OCC(C)(F)F)nc5C(F)C4)CC3)cccc2n1. The van der Waals surface area contributed by atoms with Gasteiger partial charge in [-0.15, -0.1) is 0 Å². The molecule has 1 fully saturated rings. The molecular formula is C28H34F3N5O2S. The fraction of sp³-hybridized carbons (Fsp3) is 0.571. The number of nitrogens with zero attached hydrogens (tertiary/aromatic N) is 5. The van der Waals surface area contributed by atoms with Gasteiger partial charge in [-0.2, -0.15) is 5.10 Å². The average molecular weight is 562 g/mol. The van der Waals surface area contributed by atoms with Gasteiger partial charge in [0.25, 0.3) is 17.0 Å². The number of aromatic nitrogens is 3. The molecule has 1 unspecified atom stereocenters. The summed E-state index contributed by atoms with van der Waals surface area (Å²) in [6, 6.07) is 5.51. The molecule has 1 amide bonds. The Hall–Kier alpha value is -2.79. The van der Waals surface area contributed by atoms with Crippen LogP contribution in [0.3, 0.4) is 0 Å². The third kappa shape index (κ3) is 7.05. The molecule has 3 aromatic rings. The van der Waals surface area contributed by atoms with E-state index in [1.807, 2.05) is 31.6 Å². The summed E-state index contributed by atoms with van der Waals surface area (Å²) in [5.74, 6) is -2.33. The van der Waals surface area contributed by atoms with Gasteiger partial charge in [0.05, 0.1) is 16.8 Å². The first kappa shape index (κ1) is 27.8. The molecule has 2 aliphatic rings. The molecule has 0 spiro atoms. The zero-order valence-electron chi connectivity index (χ0n) is 22.3. The lowest BCUT2D eigenvalue weighted by atomic mass is 9.81. The van der Waals surface area contributed by atoms with E-state index in [0.29, 0.717) is 30.1 Å². The average Bonchev–Trinajstić information content (AvgIpc) is 3.46. The van der Waals surface area contributed by atoms with Gasteiger partial charge in [-0.25, -0.2) is 23.1 Å². The molecule has 1 aliphatic heterocycles. The predicted molar refractivity (Wildman–Crippen MR) is 146 cm³/mol. The molecule has 1 atom stereocenters. The molecule has 1 aromatic carbocycles. The second-order valence-corrected chi connectivity index (χ2v) is 11.9. The number of aliphatic imine (C=N–C) groups is 1. The Labute approximate surface area is 230 Å². The van der Waals surface area contributed by atoms with Gasteiger partial charge in [-0.05, 0) is 69.0 Å². The van der Waals surface area contributed by atoms with Gasteiger partial charge >= 0.3 is 0 Å². The maximum atomic E-state index is 15.0. The molecule has 7 nitrogen and oxygen atoms in total. The number of carbonyl (C=O) groups excluding carboxylic acids is 1. The summed E-state index contributed by atoms with van der Waals surface area (Å²) in [5, 5.41) is 5.29. The standard InChI is InChI=1S/C28H34F3N5O2S/c1-28(30,31)17-38-27-33-25-22(29)16-36(13-11-24(25)39-27)12-10-18-6-8-19(9-7-18)14-32-26(37)20-4-3-5-23-21(20)15-35(2)34-23/h3-5,14-15,18-19,22H,6-13,16-17H2,1-2H3. The minimum absolute atomic E-state index is 0.119. The van der Waals surface area contributed by atoms with Crippen LogP contribution in [-0.4, -0.2) is 63.9 Å². The van der Waals surface area contributed by atoms with Gasteiger partial charge in [-0.1, -0.05) is 17.4 Å². The van der Waals surface area contributed by atoms with Crippen molar-refractivity contribution in [3.05, 3.63) is 40.5 Å². The normalized spacial score (nSPS) is 22.7. The number of hydrogen-bond donors (Lipinski definition) is 0. The van der Waals surface area contributed by atoms with E-state index in [4.69, 9.17) is 4.74 Å². The molecule has 0 bridgehead atoms. The van der Waals surface area contributed by atoms with Crippen LogP contribution in [0, 0.1) is 11.8 Å². The number of halogens is 3. The van der Waals surface area contributed by atoms with E-state index in [0.717, 1.165) is 61.4 Å². The minimum Gasteiger partial charge on any atom is -0.464 e. The summed E-state index contributed by atoms with van der Waals surface area (Å²) < 4.78 is 47.9. The third-order valence-corrected chi connectivity index (χ3v) is 8.61. The van der Waals surface area contributed by atoms with Gasteiger partial charge in [0.1, 0.15) is 0 Å². The molecule has 210 valence electrons. The molecule has 39 heavy (non-hydrogen) atoms. The number of fused-ring (bicyclic) bond motifs is 2. The zero-order valence-corrected chi connectivity index (χ0v) is 23.1. The summed E-state index contributed by atoms with van der Waals surface area (Å²) in [4.78, 5) is 24.1. The third-order valence-electron chi connectivity index (χ3n) is 7.57. The Morgan fingerprint density at radius 3 is 2.85 bits per heavy atom. The van der Waals surface area contributed by atoms with Crippen molar-refractivity contribution in [1.82, 2.24) is 19.7 Å². The highest BCUT2D eigenvalue weighted by molar-refractivity contribution is 7.13. The molecule has 1 saturated carbocycles. The first-order chi connectivity index (χ1) is 18.6. The van der Waals surface area contributed by atoms with Crippen LogP contribution in [0.15, 0.2) is 29.4 Å². The van der Waals surface area contributed by atoms with Crippen molar-refractivity contribution in [2.24, 2.45) is 23.9 Å². The second-order valence-electron chi connectivity index (χ2n) is 10.9. The maximum Gasteiger partial charge on any atom is 0.278 e. The van der Waals surface area contributed by atoms with Gasteiger partial charge in [0.2, 0.25) is 0 Å². The van der Waals surface area contributed by atoms with E-state index in [1.165, 1.54) is 11.3 Å². The van der Waals surface area contributed by atoms with Crippen LogP contribution in [0.2, 0.25) is 0 Å². The quantitative estimate of drug-likeness (QED) is 0.314. The highest BCUT2D eigenvalue weighted by Gasteiger charge is 2.29. The van der Waals surface area contributed by atoms with Crippen molar-refractivity contribution >= 4 is 34.4 Å². The predicted octanol–water partition coefficient (Wildman–Crippen LogP) is 6.04. The number of aryl methyl sites for hydroxylation is 1. The molecular weight excluding hydrogens is 527 g/mol. The van der Waals surface area contributed by atoms with Crippen LogP contribution < -0.4 is 4.74 Å². The number of benzene rings is 1. The first-order valence-electron chi connectivity index (χ1n) is 13.5. The van der Waals surface area contributed by atoms with E-state index >= 15 is 4.39 Å². The van der Waals surface area contributed by atoms with Gasteiger partial charge in [0, 0.05) is 49.7 Å². The van der Waals surface area contributed by atoms with Gasteiger partial charge in [0.15, 0.2) is 12.8 Å². The zero-order chi connectivity index (χ0) is 27.6. The highest BCUT2D eigenvalue weighted by Crippen LogP contribution is 2.35. The van der Waals surface area contributed by atoms with Crippen LogP contribution in [0.4, 0.5) is 13.2 Å². The van der Waals surface area contributed by atoms with Crippen molar-refractivity contribution in [1.29, 1.82) is 0 Å². The molecule has 1 aliphatic carbocycles. The summed E-state index contributed by atoms with van der Waals surface area (Å²) >= 11 is 1.17. The molecule has 0 radical (unpaired) electrons. The molecule has 11 heteroatoms. The van der Waals surface area contributed by atoms with Gasteiger partial charge < -0.3 is 4.74 Å². The summed E-state index contributed by atoms with van der Waals surface area (Å²) in [7, 11) is 1.84. The van der Waals surface area contributed by atoms with Crippen LogP contribution in [-0.2, 0) is 13.5 Å². The van der Waals surface area contributed by atoms with Crippen molar-refractivity contribution in [3.8, 4) is 5.19 Å². The van der Waals surface area contributed by atoms with E-state index in [-0.39, 0.29) is 23.6 Å². The van der Waals surface area contributed by atoms with Crippen molar-refractivity contribution in [3.63, 3.8) is 0 Å². The monoisotopic (exact) mass is 561 g/mol. The molecule has 0 saturated heterocycles. The fourth-order valence-electron chi connectivity index (χ4n) is 5.46. The number of thiazole rings is 1. The van der Waals surface area contributed by atoms with Crippen LogP contribution >= 0.6 is 11.3 Å². The minimum atomic E-state index is -2.95. The molecule has 3 heterocycles. The Morgan fingerprint density at radius 1 is 1.28 bits per heavy atom. The molecule has 0 N–H and O–H groups in total. The number of rotatable bonds is 8. The first-order valence-corrected chi connectivity index (χ1v) is 14.3. The summed E-state index contributed by atoms with van der Waals surface area (Å²) in [6.07, 6.45) is 8.17. The second kappa shape index (κ2) is 11.8. The largest absolute Gasteiger partial charge is 0.464 e. The Balaban J connectivity index is 1.06. The number of alkyl halides is 3. The number of hydrogen-bond acceptors (Lipinski definition) is 6. The maximum absolute atomic E-state index is 15.0. The summed E-state index contributed by atoms with van der Waals surface area (Å²) in [5.41, 5.74) is 1.70.